The van der Waals surface area contributed by atoms with Gasteiger partial charge < -0.3 is 9.64 Å². The molecule has 1 atom stereocenters. The van der Waals surface area contributed by atoms with E-state index in [0.29, 0.717) is 6.04 Å². The molecular weight excluding hydrogens is 276 g/mol. The highest BCUT2D eigenvalue weighted by molar-refractivity contribution is 5.92. The lowest BCUT2D eigenvalue weighted by Gasteiger charge is -2.25. The molecule has 1 aliphatic heterocycles. The minimum Gasteiger partial charge on any atom is -0.497 e. The molecule has 0 radical (unpaired) electrons. The molecule has 1 aliphatic rings. The van der Waals surface area contributed by atoms with Crippen LogP contribution in [0.4, 0.5) is 0 Å². The molecule has 2 rings (SSSR count). The molecule has 120 valence electrons. The highest BCUT2D eigenvalue weighted by atomic mass is 16.5. The van der Waals surface area contributed by atoms with Crippen LogP contribution in [0.25, 0.3) is 6.08 Å². The number of likely N-dealkylation sites (N-methyl/N-ethyl adjacent to an activating group) is 1. The zero-order chi connectivity index (χ0) is 15.9. The lowest BCUT2D eigenvalue weighted by atomic mass is 10.2. The van der Waals surface area contributed by atoms with E-state index in [2.05, 4.69) is 18.7 Å². The predicted octanol–water partition coefficient (Wildman–Crippen LogP) is 2.65. The highest BCUT2D eigenvalue weighted by Gasteiger charge is 2.27. The largest absolute Gasteiger partial charge is 0.497 e. The van der Waals surface area contributed by atoms with E-state index in [1.165, 1.54) is 0 Å². The summed E-state index contributed by atoms with van der Waals surface area (Å²) in [6, 6.07) is 8.21. The summed E-state index contributed by atoms with van der Waals surface area (Å²) in [5.41, 5.74) is 1.01. The van der Waals surface area contributed by atoms with Gasteiger partial charge in [0.15, 0.2) is 0 Å². The maximum absolute atomic E-state index is 12.3. The van der Waals surface area contributed by atoms with Gasteiger partial charge in [-0.3, -0.25) is 9.69 Å². The highest BCUT2D eigenvalue weighted by Crippen LogP contribution is 2.17. The van der Waals surface area contributed by atoms with E-state index in [0.717, 1.165) is 43.9 Å². The number of carbonyl (C=O) groups excluding carboxylic acids is 1. The molecule has 22 heavy (non-hydrogen) atoms. The minimum atomic E-state index is 0.102. The number of nitrogens with zero attached hydrogens (tertiary/aromatic N) is 2. The zero-order valence-electron chi connectivity index (χ0n) is 13.8. The summed E-state index contributed by atoms with van der Waals surface area (Å²) in [6.07, 6.45) is 4.61. The van der Waals surface area contributed by atoms with E-state index in [1.54, 1.807) is 13.2 Å². The summed E-state index contributed by atoms with van der Waals surface area (Å²) in [4.78, 5) is 16.7. The first-order valence-corrected chi connectivity index (χ1v) is 8.03. The lowest BCUT2D eigenvalue weighted by Crippen LogP contribution is -2.38. The van der Waals surface area contributed by atoms with Crippen molar-refractivity contribution < 1.29 is 9.53 Å². The molecule has 4 heteroatoms. The molecule has 0 aliphatic carbocycles. The van der Waals surface area contributed by atoms with Crippen LogP contribution in [-0.2, 0) is 4.79 Å². The van der Waals surface area contributed by atoms with Crippen LogP contribution in [0.15, 0.2) is 30.3 Å². The first-order valence-electron chi connectivity index (χ1n) is 8.03. The van der Waals surface area contributed by atoms with Crippen LogP contribution in [0.5, 0.6) is 5.75 Å². The number of carbonyl (C=O) groups is 1. The topological polar surface area (TPSA) is 32.8 Å². The average molecular weight is 302 g/mol. The monoisotopic (exact) mass is 302 g/mol. The molecule has 1 aromatic carbocycles. The van der Waals surface area contributed by atoms with Gasteiger partial charge in [0, 0.05) is 25.2 Å². The van der Waals surface area contributed by atoms with Gasteiger partial charge >= 0.3 is 0 Å². The van der Waals surface area contributed by atoms with E-state index >= 15 is 0 Å². The third-order valence-electron chi connectivity index (χ3n) is 4.34. The van der Waals surface area contributed by atoms with Crippen LogP contribution in [0.3, 0.4) is 0 Å². The molecule has 4 nitrogen and oxygen atoms in total. The quantitative estimate of drug-likeness (QED) is 0.757. The van der Waals surface area contributed by atoms with Gasteiger partial charge in [-0.25, -0.2) is 0 Å². The van der Waals surface area contributed by atoms with Crippen molar-refractivity contribution in [2.45, 2.75) is 26.3 Å². The van der Waals surface area contributed by atoms with Gasteiger partial charge in [0.2, 0.25) is 5.91 Å². The number of likely N-dealkylation sites (tertiary alicyclic amines) is 1. The molecule has 1 unspecified atom stereocenters. The molecule has 0 bridgehead atoms. The van der Waals surface area contributed by atoms with Crippen molar-refractivity contribution in [3.63, 3.8) is 0 Å². The van der Waals surface area contributed by atoms with Gasteiger partial charge in [-0.1, -0.05) is 26.0 Å². The molecular formula is C18H26N2O2. The maximum atomic E-state index is 12.3. The first-order chi connectivity index (χ1) is 10.7. The smallest absolute Gasteiger partial charge is 0.246 e. The molecule has 1 amide bonds. The maximum Gasteiger partial charge on any atom is 0.246 e. The van der Waals surface area contributed by atoms with Crippen LogP contribution in [-0.4, -0.2) is 55.0 Å². The second kappa shape index (κ2) is 7.99. The van der Waals surface area contributed by atoms with Gasteiger partial charge in [0.1, 0.15) is 5.75 Å². The molecule has 0 N–H and O–H groups in total. The van der Waals surface area contributed by atoms with Crippen LogP contribution in [0.2, 0.25) is 0 Å². The number of hydrogen-bond acceptors (Lipinski definition) is 3. The molecule has 1 heterocycles. The van der Waals surface area contributed by atoms with Gasteiger partial charge in [0.25, 0.3) is 0 Å². The van der Waals surface area contributed by atoms with E-state index < -0.39 is 0 Å². The van der Waals surface area contributed by atoms with Gasteiger partial charge in [-0.15, -0.1) is 0 Å². The fourth-order valence-electron chi connectivity index (χ4n) is 2.97. The standard InChI is InChI=1S/C18H26N2O2/c1-4-19(5-2)16-12-13-20(14-16)18(21)11-8-15-6-9-17(22-3)10-7-15/h6-11,16H,4-5,12-14H2,1-3H3/b11-8+. The molecule has 0 spiro atoms. The predicted molar refractivity (Wildman–Crippen MR) is 89.9 cm³/mol. The summed E-state index contributed by atoms with van der Waals surface area (Å²) in [6.45, 7) is 8.14. The Kier molecular flexibility index (Phi) is 6.01. The van der Waals surface area contributed by atoms with Gasteiger partial charge in [0.05, 0.1) is 7.11 Å². The molecule has 1 saturated heterocycles. The van der Waals surface area contributed by atoms with Crippen molar-refractivity contribution >= 4 is 12.0 Å². The summed E-state index contributed by atoms with van der Waals surface area (Å²) in [5, 5.41) is 0. The summed E-state index contributed by atoms with van der Waals surface area (Å²) in [5.74, 6) is 0.926. The SMILES string of the molecule is CCN(CC)C1CCN(C(=O)/C=C/c2ccc(OC)cc2)C1. The Morgan fingerprint density at radius 3 is 2.59 bits per heavy atom. The fourth-order valence-corrected chi connectivity index (χ4v) is 2.97. The second-order valence-corrected chi connectivity index (χ2v) is 5.55. The summed E-state index contributed by atoms with van der Waals surface area (Å²) >= 11 is 0. The molecule has 1 fully saturated rings. The van der Waals surface area contributed by atoms with Crippen LogP contribution >= 0.6 is 0 Å². The summed E-state index contributed by atoms with van der Waals surface area (Å²) in [7, 11) is 1.65. The fraction of sp³-hybridized carbons (Fsp3) is 0.500. The number of methoxy groups -OCH3 is 1. The minimum absolute atomic E-state index is 0.102. The molecule has 1 aromatic rings. The molecule has 0 aromatic heterocycles. The first kappa shape index (κ1) is 16.6. The van der Waals surface area contributed by atoms with E-state index in [-0.39, 0.29) is 5.91 Å². The van der Waals surface area contributed by atoms with E-state index in [1.807, 2.05) is 35.2 Å². The van der Waals surface area contributed by atoms with Crippen molar-refractivity contribution in [2.24, 2.45) is 0 Å². The third-order valence-corrected chi connectivity index (χ3v) is 4.34. The lowest BCUT2D eigenvalue weighted by molar-refractivity contribution is -0.125. The van der Waals surface area contributed by atoms with Crippen LogP contribution < -0.4 is 4.74 Å². The van der Waals surface area contributed by atoms with Crippen LogP contribution in [0, 0.1) is 0 Å². The van der Waals surface area contributed by atoms with Crippen LogP contribution in [0.1, 0.15) is 25.8 Å². The van der Waals surface area contributed by atoms with Crippen molar-refractivity contribution in [2.75, 3.05) is 33.3 Å². The Morgan fingerprint density at radius 1 is 1.32 bits per heavy atom. The second-order valence-electron chi connectivity index (χ2n) is 5.55. The van der Waals surface area contributed by atoms with Crippen molar-refractivity contribution in [1.29, 1.82) is 0 Å². The van der Waals surface area contributed by atoms with Crippen molar-refractivity contribution in [3.05, 3.63) is 35.9 Å². The Bertz CT molecular complexity index is 506. The Labute approximate surface area is 133 Å². The average Bonchev–Trinajstić information content (AvgIpc) is 3.04. The van der Waals surface area contributed by atoms with Gasteiger partial charge in [-0.2, -0.15) is 0 Å². The number of benzene rings is 1. The van der Waals surface area contributed by atoms with Gasteiger partial charge in [-0.05, 0) is 43.3 Å². The Morgan fingerprint density at radius 2 is 2.00 bits per heavy atom. The number of hydrogen-bond donors (Lipinski definition) is 0. The number of rotatable bonds is 6. The Hall–Kier alpha value is -1.81. The zero-order valence-corrected chi connectivity index (χ0v) is 13.8. The van der Waals surface area contributed by atoms with E-state index in [4.69, 9.17) is 4.74 Å². The normalized spacial score (nSPS) is 18.4. The molecule has 0 saturated carbocycles. The number of ether oxygens (including phenoxy) is 1. The summed E-state index contributed by atoms with van der Waals surface area (Å²) < 4.78 is 5.13. The third kappa shape index (κ3) is 4.10. The van der Waals surface area contributed by atoms with Crippen molar-refractivity contribution in [1.82, 2.24) is 9.80 Å². The number of amides is 1. The Balaban J connectivity index is 1.90. The van der Waals surface area contributed by atoms with E-state index in [9.17, 15) is 4.79 Å². The van der Waals surface area contributed by atoms with Crippen molar-refractivity contribution in [3.8, 4) is 5.75 Å².